The molecule has 14 nitrogen and oxygen atoms in total. The number of carbonyl (C=O) groups is 3. The van der Waals surface area contributed by atoms with Gasteiger partial charge in [-0.1, -0.05) is 30.3 Å². The summed E-state index contributed by atoms with van der Waals surface area (Å²) in [5, 5.41) is 29.7. The zero-order valence-corrected chi connectivity index (χ0v) is 21.5. The molecule has 0 bridgehead atoms. The molecule has 16 heteroatoms. The number of aliphatic carboxylic acids is 1. The van der Waals surface area contributed by atoms with E-state index in [1.54, 1.807) is 12.1 Å². The first kappa shape index (κ1) is 26.7. The third-order valence-electron chi connectivity index (χ3n) is 5.59. The van der Waals surface area contributed by atoms with Crippen molar-refractivity contribution in [3.05, 3.63) is 35.4 Å². The number of tetrazole rings is 1. The molecule has 2 aliphatic rings. The third kappa shape index (κ3) is 5.80. The van der Waals surface area contributed by atoms with Crippen LogP contribution in [-0.2, 0) is 19.2 Å². The number of unbranched alkanes of at least 4 members (excludes halogenated alkanes) is 1. The van der Waals surface area contributed by atoms with Gasteiger partial charge in [-0.3, -0.25) is 14.5 Å². The van der Waals surface area contributed by atoms with Crippen molar-refractivity contribution in [2.75, 3.05) is 18.9 Å². The van der Waals surface area contributed by atoms with Crippen molar-refractivity contribution in [2.45, 2.75) is 48.0 Å². The molecule has 0 saturated carbocycles. The second-order valence-electron chi connectivity index (χ2n) is 8.02. The van der Waals surface area contributed by atoms with Crippen molar-refractivity contribution in [1.29, 1.82) is 0 Å². The van der Waals surface area contributed by atoms with E-state index >= 15 is 0 Å². The van der Waals surface area contributed by atoms with Crippen LogP contribution in [0.5, 0.6) is 0 Å². The summed E-state index contributed by atoms with van der Waals surface area (Å²) in [6, 6.07) is 2.22. The Morgan fingerprint density at radius 1 is 1.51 bits per heavy atom. The number of aromatic amines is 1. The van der Waals surface area contributed by atoms with Crippen LogP contribution in [0.2, 0.25) is 0 Å². The van der Waals surface area contributed by atoms with Gasteiger partial charge in [0.15, 0.2) is 5.76 Å². The molecule has 3 atom stereocenters. The number of furan rings is 1. The van der Waals surface area contributed by atoms with E-state index in [1.165, 1.54) is 34.7 Å². The van der Waals surface area contributed by atoms with E-state index in [0.29, 0.717) is 36.1 Å². The van der Waals surface area contributed by atoms with E-state index in [1.807, 2.05) is 6.92 Å². The minimum absolute atomic E-state index is 0.109. The molecule has 2 aliphatic heterocycles. The number of rotatable bonds is 13. The monoisotopic (exact) mass is 550 g/mol. The Kier molecular flexibility index (Phi) is 8.83. The predicted molar refractivity (Wildman–Crippen MR) is 133 cm³/mol. The van der Waals surface area contributed by atoms with E-state index in [2.05, 4.69) is 31.1 Å². The summed E-state index contributed by atoms with van der Waals surface area (Å²) in [6.45, 7) is 2.61. The molecule has 4 heterocycles. The highest BCUT2D eigenvalue weighted by Gasteiger charge is 2.55. The summed E-state index contributed by atoms with van der Waals surface area (Å²) < 4.78 is 5.31. The first-order valence-electron chi connectivity index (χ1n) is 11.5. The predicted octanol–water partition coefficient (Wildman–Crippen LogP) is 0.562. The van der Waals surface area contributed by atoms with Crippen LogP contribution >= 0.6 is 23.5 Å². The fourth-order valence-corrected chi connectivity index (χ4v) is 6.37. The number of hydrogen-bond donors (Lipinski definition) is 4. The molecule has 0 radical (unpaired) electrons. The van der Waals surface area contributed by atoms with Crippen molar-refractivity contribution >= 4 is 47.0 Å². The lowest BCUT2D eigenvalue weighted by molar-refractivity contribution is -0.150. The van der Waals surface area contributed by atoms with Crippen LogP contribution in [0.25, 0.3) is 0 Å². The number of oxime groups is 1. The molecule has 2 aromatic rings. The summed E-state index contributed by atoms with van der Waals surface area (Å²) in [4.78, 5) is 44.9. The Hall–Kier alpha value is -3.37. The number of amides is 2. The fraction of sp³-hybridized carbons (Fsp3) is 0.476. The first-order chi connectivity index (χ1) is 18.0. The number of nitrogens with one attached hydrogen (secondary N) is 2. The van der Waals surface area contributed by atoms with Gasteiger partial charge in [0.1, 0.15) is 23.7 Å². The number of carboxylic acid groups (broad SMARTS) is 1. The molecular weight excluding hydrogens is 524 g/mol. The Morgan fingerprint density at radius 3 is 3.00 bits per heavy atom. The van der Waals surface area contributed by atoms with Gasteiger partial charge in [0.05, 0.1) is 6.26 Å². The average Bonchev–Trinajstić information content (AvgIpc) is 3.60. The Bertz CT molecular complexity index is 1170. The summed E-state index contributed by atoms with van der Waals surface area (Å²) in [7, 11) is 0. The number of hydrogen-bond acceptors (Lipinski definition) is 12. The van der Waals surface area contributed by atoms with Gasteiger partial charge in [0.25, 0.3) is 11.8 Å². The minimum atomic E-state index is -1.24. The second kappa shape index (κ2) is 12.2. The molecule has 5 N–H and O–H groups in total. The van der Waals surface area contributed by atoms with Crippen LogP contribution in [0.4, 0.5) is 0 Å². The molecule has 37 heavy (non-hydrogen) atoms. The summed E-state index contributed by atoms with van der Waals surface area (Å²) >= 11 is 2.58. The van der Waals surface area contributed by atoms with Crippen LogP contribution in [0.15, 0.2) is 44.4 Å². The second-order valence-corrected chi connectivity index (χ2v) is 10.3. The van der Waals surface area contributed by atoms with Gasteiger partial charge in [0.2, 0.25) is 10.9 Å². The molecule has 198 valence electrons. The number of carboxylic acids is 1. The lowest BCUT2D eigenvalue weighted by atomic mass is 10.00. The molecule has 0 aliphatic carbocycles. The molecular formula is C21H26N8O6S2. The number of H-pyrrole nitrogens is 1. The molecule has 1 fully saturated rings. The van der Waals surface area contributed by atoms with Crippen LogP contribution in [0.3, 0.4) is 0 Å². The Labute approximate surface area is 219 Å². The van der Waals surface area contributed by atoms with Crippen LogP contribution in [-0.4, -0.2) is 89.7 Å². The van der Waals surface area contributed by atoms with Gasteiger partial charge >= 0.3 is 5.97 Å². The Morgan fingerprint density at radius 2 is 2.35 bits per heavy atom. The Balaban J connectivity index is 1.52. The van der Waals surface area contributed by atoms with Crippen LogP contribution in [0, 0.1) is 0 Å². The number of β-lactam (4-membered cyclic amide) rings is 1. The van der Waals surface area contributed by atoms with E-state index < -0.39 is 29.2 Å². The smallest absolute Gasteiger partial charge is 0.352 e. The van der Waals surface area contributed by atoms with Crippen molar-refractivity contribution in [3.8, 4) is 0 Å². The van der Waals surface area contributed by atoms with Crippen molar-refractivity contribution < 1.29 is 28.7 Å². The maximum atomic E-state index is 13.1. The number of carbonyl (C=O) groups excluding carboxylic acids is 2. The number of nitrogens with two attached hydrogens (primary N) is 1. The molecule has 0 spiro atoms. The van der Waals surface area contributed by atoms with Crippen molar-refractivity contribution in [2.24, 2.45) is 10.9 Å². The molecule has 4 rings (SSSR count). The van der Waals surface area contributed by atoms with Crippen molar-refractivity contribution in [1.82, 2.24) is 30.8 Å². The third-order valence-corrected chi connectivity index (χ3v) is 8.08. The van der Waals surface area contributed by atoms with Gasteiger partial charge < -0.3 is 25.4 Å². The first-order valence-corrected chi connectivity index (χ1v) is 13.4. The van der Waals surface area contributed by atoms with E-state index in [4.69, 9.17) is 15.0 Å². The molecule has 2 unspecified atom stereocenters. The highest BCUT2D eigenvalue weighted by Crippen LogP contribution is 2.44. The maximum Gasteiger partial charge on any atom is 0.352 e. The zero-order valence-electron chi connectivity index (χ0n) is 19.8. The number of thioether (sulfide) groups is 2. The highest BCUT2D eigenvalue weighted by molar-refractivity contribution is 8.01. The largest absolute Gasteiger partial charge is 0.477 e. The van der Waals surface area contributed by atoms with Gasteiger partial charge in [0, 0.05) is 11.0 Å². The summed E-state index contributed by atoms with van der Waals surface area (Å²) in [5.74, 6) is -1.94. The van der Waals surface area contributed by atoms with Gasteiger partial charge in [-0.2, -0.15) is 5.21 Å². The fourth-order valence-electron chi connectivity index (χ4n) is 3.82. The van der Waals surface area contributed by atoms with Gasteiger partial charge in [-0.05, 0) is 42.3 Å². The number of aromatic nitrogens is 4. The standard InChI is InChI=1S/C21H26N8O6S2/c1-2-3-9-35-26-14(12-5-4-8-34-12)17(30)23-15-18(31)29-16(20(32)33)11(10-36-19(15)29)13(6-7-22)37-21-24-27-28-25-21/h4-5,8,13,15,19H,2-3,6-7,9-10,22H2,1H3,(H,23,30)(H,32,33)(H,24,25,27,28)/t13?,15?,19-/m0/s1. The quantitative estimate of drug-likeness (QED) is 0.0888. The number of fused-ring (bicyclic) bond motifs is 1. The SMILES string of the molecule is CCCCON=C(C(=O)NC1C(=O)N2C(C(=O)O)=C(C(CCN)Sc3nn[nH]n3)CS[C@@H]12)c1ccco1. The van der Waals surface area contributed by atoms with Gasteiger partial charge in [-0.15, -0.1) is 22.0 Å². The van der Waals surface area contributed by atoms with Gasteiger partial charge in [-0.25, -0.2) is 4.79 Å². The maximum absolute atomic E-state index is 13.1. The number of nitrogens with zero attached hydrogens (tertiary/aromatic N) is 5. The zero-order chi connectivity index (χ0) is 26.4. The average molecular weight is 551 g/mol. The van der Waals surface area contributed by atoms with Crippen LogP contribution < -0.4 is 11.1 Å². The van der Waals surface area contributed by atoms with E-state index in [0.717, 1.165) is 12.8 Å². The summed E-state index contributed by atoms with van der Waals surface area (Å²) in [6.07, 6.45) is 3.49. The molecule has 2 aromatic heterocycles. The van der Waals surface area contributed by atoms with Crippen LogP contribution in [0.1, 0.15) is 31.9 Å². The molecule has 0 aromatic carbocycles. The summed E-state index contributed by atoms with van der Waals surface area (Å²) in [5.41, 5.74) is 6.09. The topological polar surface area (TPSA) is 202 Å². The van der Waals surface area contributed by atoms with Crippen molar-refractivity contribution in [3.63, 3.8) is 0 Å². The van der Waals surface area contributed by atoms with E-state index in [-0.39, 0.29) is 22.4 Å². The highest BCUT2D eigenvalue weighted by atomic mass is 32.2. The van der Waals surface area contributed by atoms with E-state index in [9.17, 15) is 19.5 Å². The normalized spacial score (nSPS) is 20.3. The lowest BCUT2D eigenvalue weighted by Crippen LogP contribution is -2.71. The minimum Gasteiger partial charge on any atom is -0.477 e. The lowest BCUT2D eigenvalue weighted by Gasteiger charge is -2.50. The molecule has 2 amide bonds. The molecule has 1 saturated heterocycles.